The van der Waals surface area contributed by atoms with E-state index in [4.69, 9.17) is 4.74 Å². The highest BCUT2D eigenvalue weighted by Gasteiger charge is 2.27. The molecule has 1 atom stereocenters. The minimum atomic E-state index is -0.825. The first-order chi connectivity index (χ1) is 12.3. The molecule has 0 aliphatic rings. The number of rotatable bonds is 4. The summed E-state index contributed by atoms with van der Waals surface area (Å²) in [5, 5.41) is 11.6. The minimum absolute atomic E-state index is 0.248. The fourth-order valence-corrected chi connectivity index (χ4v) is 3.50. The Balaban J connectivity index is 2.34. The topological polar surface area (TPSA) is 79.0 Å². The van der Waals surface area contributed by atoms with Gasteiger partial charge in [0.05, 0.1) is 28.6 Å². The van der Waals surface area contributed by atoms with Crippen LogP contribution in [0.5, 0.6) is 0 Å². The van der Waals surface area contributed by atoms with Crippen LogP contribution < -0.4 is 5.56 Å². The molecule has 0 saturated heterocycles. The van der Waals surface area contributed by atoms with Crippen LogP contribution in [0, 0.1) is 0 Å². The average Bonchev–Trinajstić information content (AvgIpc) is 3.24. The van der Waals surface area contributed by atoms with E-state index in [0.29, 0.717) is 16.6 Å². The third-order valence-corrected chi connectivity index (χ3v) is 4.90. The fourth-order valence-electron chi connectivity index (χ4n) is 2.77. The summed E-state index contributed by atoms with van der Waals surface area (Å²) < 4.78 is 7.98. The van der Waals surface area contributed by atoms with Gasteiger partial charge in [0.2, 0.25) is 0 Å². The number of nitrogens with zero attached hydrogens (tertiary/aromatic N) is 4. The third kappa shape index (κ3) is 3.05. The Morgan fingerprint density at radius 1 is 1.38 bits per heavy atom. The van der Waals surface area contributed by atoms with Crippen molar-refractivity contribution < 1.29 is 9.53 Å². The maximum Gasteiger partial charge on any atom is 0.330 e. The largest absolute Gasteiger partial charge is 0.464 e. The molecule has 0 bridgehead atoms. The summed E-state index contributed by atoms with van der Waals surface area (Å²) in [4.78, 5) is 26.3. The number of fused-ring (bicyclic) bond motifs is 1. The van der Waals surface area contributed by atoms with Gasteiger partial charge in [-0.3, -0.25) is 9.48 Å². The molecule has 1 unspecified atom stereocenters. The van der Waals surface area contributed by atoms with E-state index in [1.165, 1.54) is 16.0 Å². The number of thiophene rings is 1. The van der Waals surface area contributed by atoms with Gasteiger partial charge in [-0.25, -0.2) is 9.48 Å². The van der Waals surface area contributed by atoms with Crippen LogP contribution in [0.25, 0.3) is 21.5 Å². The lowest BCUT2D eigenvalue weighted by atomic mass is 10.1. The van der Waals surface area contributed by atoms with Gasteiger partial charge in [0, 0.05) is 0 Å². The first kappa shape index (κ1) is 18.3. The highest BCUT2D eigenvalue weighted by molar-refractivity contribution is 7.13. The van der Waals surface area contributed by atoms with E-state index in [-0.39, 0.29) is 17.7 Å². The van der Waals surface area contributed by atoms with Gasteiger partial charge in [0.1, 0.15) is 11.2 Å². The maximum absolute atomic E-state index is 13.2. The molecule has 0 fully saturated rings. The number of carbonyl (C=O) groups is 1. The van der Waals surface area contributed by atoms with E-state index < -0.39 is 12.0 Å². The summed E-state index contributed by atoms with van der Waals surface area (Å²) in [5.74, 6) is -0.486. The van der Waals surface area contributed by atoms with Crippen LogP contribution in [0.15, 0.2) is 28.5 Å². The smallest absolute Gasteiger partial charge is 0.330 e. The third-order valence-electron chi connectivity index (χ3n) is 4.03. The SMILES string of the molecule is CCOC(=O)C(C)n1nc(-c2cccs2)c2cnn(C(C)(C)C)c2c1=O. The van der Waals surface area contributed by atoms with Gasteiger partial charge in [-0.2, -0.15) is 10.2 Å². The van der Waals surface area contributed by atoms with Gasteiger partial charge in [0.25, 0.3) is 5.56 Å². The molecule has 138 valence electrons. The summed E-state index contributed by atoms with van der Waals surface area (Å²) in [6.07, 6.45) is 1.67. The Labute approximate surface area is 155 Å². The molecule has 0 amide bonds. The number of esters is 1. The number of carbonyl (C=O) groups excluding carboxylic acids is 1. The van der Waals surface area contributed by atoms with Gasteiger partial charge >= 0.3 is 5.97 Å². The molecular formula is C18H22N4O3S. The Morgan fingerprint density at radius 2 is 2.12 bits per heavy atom. The highest BCUT2D eigenvalue weighted by atomic mass is 32.1. The van der Waals surface area contributed by atoms with Crippen molar-refractivity contribution in [3.05, 3.63) is 34.1 Å². The van der Waals surface area contributed by atoms with E-state index in [1.807, 2.05) is 38.3 Å². The number of ether oxygens (including phenoxy) is 1. The lowest BCUT2D eigenvalue weighted by Crippen LogP contribution is -2.34. The van der Waals surface area contributed by atoms with Crippen LogP contribution in [0.3, 0.4) is 0 Å². The van der Waals surface area contributed by atoms with Crippen molar-refractivity contribution in [3.63, 3.8) is 0 Å². The second-order valence-electron chi connectivity index (χ2n) is 6.99. The lowest BCUT2D eigenvalue weighted by Gasteiger charge is -2.21. The lowest BCUT2D eigenvalue weighted by molar-refractivity contribution is -0.146. The van der Waals surface area contributed by atoms with Crippen molar-refractivity contribution in [2.75, 3.05) is 6.61 Å². The number of aromatic nitrogens is 4. The predicted octanol–water partition coefficient (Wildman–Crippen LogP) is 3.20. The predicted molar refractivity (Wildman–Crippen MR) is 101 cm³/mol. The zero-order valence-electron chi connectivity index (χ0n) is 15.5. The standard InChI is InChI=1S/C18H22N4O3S/c1-6-25-17(24)11(2)21-16(23)15-12(10-19-22(15)18(3,4)5)14(20-21)13-8-7-9-26-13/h7-11H,6H2,1-5H3. The van der Waals surface area contributed by atoms with Crippen LogP contribution >= 0.6 is 11.3 Å². The Bertz CT molecular complexity index is 996. The molecule has 26 heavy (non-hydrogen) atoms. The van der Waals surface area contributed by atoms with E-state index in [1.54, 1.807) is 24.7 Å². The summed E-state index contributed by atoms with van der Waals surface area (Å²) in [5.41, 5.74) is 0.335. The van der Waals surface area contributed by atoms with E-state index in [0.717, 1.165) is 4.88 Å². The van der Waals surface area contributed by atoms with Crippen LogP contribution in [0.2, 0.25) is 0 Å². The van der Waals surface area contributed by atoms with E-state index >= 15 is 0 Å². The fraction of sp³-hybridized carbons (Fsp3) is 0.444. The summed E-state index contributed by atoms with van der Waals surface area (Å²) in [7, 11) is 0. The van der Waals surface area contributed by atoms with Crippen LogP contribution in [0.1, 0.15) is 40.7 Å². The number of hydrogen-bond acceptors (Lipinski definition) is 6. The normalized spacial score (nSPS) is 13.1. The van der Waals surface area contributed by atoms with Crippen LogP contribution in [0.4, 0.5) is 0 Å². The molecular weight excluding hydrogens is 352 g/mol. The first-order valence-electron chi connectivity index (χ1n) is 8.47. The molecule has 7 nitrogen and oxygen atoms in total. The van der Waals surface area contributed by atoms with Gasteiger partial charge in [-0.15, -0.1) is 11.3 Å². The summed E-state index contributed by atoms with van der Waals surface area (Å²) in [6, 6.07) is 3.03. The van der Waals surface area contributed by atoms with Crippen molar-refractivity contribution in [1.29, 1.82) is 0 Å². The Morgan fingerprint density at radius 3 is 2.69 bits per heavy atom. The van der Waals surface area contributed by atoms with Crippen LogP contribution in [-0.4, -0.2) is 32.1 Å². The van der Waals surface area contributed by atoms with Gasteiger partial charge in [-0.1, -0.05) is 6.07 Å². The van der Waals surface area contributed by atoms with Gasteiger partial charge in [0.15, 0.2) is 6.04 Å². The monoisotopic (exact) mass is 374 g/mol. The molecule has 0 aromatic carbocycles. The molecule has 0 aliphatic carbocycles. The zero-order valence-corrected chi connectivity index (χ0v) is 16.3. The van der Waals surface area contributed by atoms with Crippen molar-refractivity contribution in [3.8, 4) is 10.6 Å². The molecule has 3 aromatic heterocycles. The van der Waals surface area contributed by atoms with Gasteiger partial charge in [-0.05, 0) is 46.1 Å². The molecule has 0 saturated carbocycles. The van der Waals surface area contributed by atoms with Gasteiger partial charge < -0.3 is 4.74 Å². The number of hydrogen-bond donors (Lipinski definition) is 0. The molecule has 8 heteroatoms. The molecule has 0 N–H and O–H groups in total. The second-order valence-corrected chi connectivity index (χ2v) is 7.94. The Kier molecular flexibility index (Phi) is 4.70. The summed E-state index contributed by atoms with van der Waals surface area (Å²) >= 11 is 1.52. The summed E-state index contributed by atoms with van der Waals surface area (Å²) in [6.45, 7) is 9.53. The zero-order chi connectivity index (χ0) is 19.1. The highest BCUT2D eigenvalue weighted by Crippen LogP contribution is 2.30. The molecule has 0 aliphatic heterocycles. The quantitative estimate of drug-likeness (QED) is 0.655. The average molecular weight is 374 g/mol. The van der Waals surface area contributed by atoms with Crippen molar-refractivity contribution in [1.82, 2.24) is 19.6 Å². The van der Waals surface area contributed by atoms with E-state index in [9.17, 15) is 9.59 Å². The first-order valence-corrected chi connectivity index (χ1v) is 9.35. The Hall–Kier alpha value is -2.48. The molecule has 0 radical (unpaired) electrons. The molecule has 3 aromatic rings. The molecule has 3 rings (SSSR count). The van der Waals surface area contributed by atoms with Crippen molar-refractivity contribution >= 4 is 28.2 Å². The molecule has 0 spiro atoms. The maximum atomic E-state index is 13.2. The van der Waals surface area contributed by atoms with Crippen LogP contribution in [-0.2, 0) is 15.1 Å². The van der Waals surface area contributed by atoms with Crippen molar-refractivity contribution in [2.24, 2.45) is 0 Å². The van der Waals surface area contributed by atoms with Crippen molar-refractivity contribution in [2.45, 2.75) is 46.2 Å². The second kappa shape index (κ2) is 6.68. The minimum Gasteiger partial charge on any atom is -0.464 e. The van der Waals surface area contributed by atoms with E-state index in [2.05, 4.69) is 10.2 Å². The molecule has 3 heterocycles.